The first-order chi connectivity index (χ1) is 5.22. The summed E-state index contributed by atoms with van der Waals surface area (Å²) in [6.07, 6.45) is 10.4. The Balaban J connectivity index is 2.82. The molecular weight excluding hydrogens is 200 g/mol. The van der Waals surface area contributed by atoms with Crippen molar-refractivity contribution in [2.24, 2.45) is 5.41 Å². The summed E-state index contributed by atoms with van der Waals surface area (Å²) in [7, 11) is 0. The second-order valence-electron chi connectivity index (χ2n) is 3.14. The first kappa shape index (κ1) is 9.05. The topological polar surface area (TPSA) is 0 Å². The molecule has 62 valence electrons. The van der Waals surface area contributed by atoms with E-state index in [0.29, 0.717) is 5.41 Å². The van der Waals surface area contributed by atoms with Crippen LogP contribution in [0.1, 0.15) is 33.1 Å². The average molecular weight is 215 g/mol. The molecule has 0 aromatic heterocycles. The number of allylic oxidation sites excluding steroid dienone is 4. The zero-order valence-electron chi connectivity index (χ0n) is 7.23. The lowest BCUT2D eigenvalue weighted by atomic mass is 9.79. The van der Waals surface area contributed by atoms with E-state index in [-0.39, 0.29) is 0 Å². The summed E-state index contributed by atoms with van der Waals surface area (Å²) in [6, 6.07) is 0. The van der Waals surface area contributed by atoms with E-state index in [9.17, 15) is 0 Å². The van der Waals surface area contributed by atoms with Gasteiger partial charge in [0.15, 0.2) is 0 Å². The van der Waals surface area contributed by atoms with Crippen molar-refractivity contribution < 1.29 is 0 Å². The van der Waals surface area contributed by atoms with E-state index in [1.54, 1.807) is 0 Å². The van der Waals surface area contributed by atoms with E-state index in [0.717, 1.165) is 6.42 Å². The van der Waals surface area contributed by atoms with Gasteiger partial charge in [0.05, 0.1) is 0 Å². The van der Waals surface area contributed by atoms with Gasteiger partial charge in [-0.05, 0) is 23.7 Å². The predicted octanol–water partition coefficient (Wildman–Crippen LogP) is 4.03. The van der Waals surface area contributed by atoms with E-state index in [1.165, 1.54) is 17.3 Å². The fourth-order valence-corrected chi connectivity index (χ4v) is 2.16. The number of hydrogen-bond acceptors (Lipinski definition) is 0. The predicted molar refractivity (Wildman–Crippen MR) is 53.8 cm³/mol. The summed E-state index contributed by atoms with van der Waals surface area (Å²) in [5, 5.41) is 0. The average Bonchev–Trinajstić information content (AvgIpc) is 2.04. The fourth-order valence-electron chi connectivity index (χ4n) is 1.51. The maximum atomic E-state index is 3.56. The monoisotopic (exact) mass is 214 g/mol. The van der Waals surface area contributed by atoms with Crippen molar-refractivity contribution in [1.82, 2.24) is 0 Å². The first-order valence-electron chi connectivity index (χ1n) is 4.27. The lowest BCUT2D eigenvalue weighted by Gasteiger charge is -2.27. The van der Waals surface area contributed by atoms with Gasteiger partial charge in [0.25, 0.3) is 0 Å². The van der Waals surface area contributed by atoms with Crippen molar-refractivity contribution in [2.45, 2.75) is 33.1 Å². The number of rotatable bonds is 2. The highest BCUT2D eigenvalue weighted by Gasteiger charge is 2.21. The van der Waals surface area contributed by atoms with Crippen LogP contribution < -0.4 is 0 Å². The van der Waals surface area contributed by atoms with Crippen molar-refractivity contribution in [3.05, 3.63) is 22.7 Å². The molecular formula is C10H15Br. The Bertz CT molecular complexity index is 185. The molecule has 0 nitrogen and oxygen atoms in total. The number of halogens is 1. The molecule has 0 N–H and O–H groups in total. The van der Waals surface area contributed by atoms with Crippen molar-refractivity contribution in [3.8, 4) is 0 Å². The lowest BCUT2D eigenvalue weighted by molar-refractivity contribution is 0.449. The number of hydrogen-bond donors (Lipinski definition) is 0. The largest absolute Gasteiger partial charge is 0.0827 e. The molecule has 0 fully saturated rings. The molecule has 0 bridgehead atoms. The molecule has 0 saturated carbocycles. The minimum Gasteiger partial charge on any atom is -0.0827 e. The summed E-state index contributed by atoms with van der Waals surface area (Å²) in [4.78, 5) is 0. The molecule has 0 unspecified atom stereocenters. The minimum atomic E-state index is 0.344. The molecule has 0 heterocycles. The van der Waals surface area contributed by atoms with Crippen molar-refractivity contribution in [3.63, 3.8) is 0 Å². The molecule has 0 atom stereocenters. The van der Waals surface area contributed by atoms with Gasteiger partial charge in [0.1, 0.15) is 0 Å². The molecule has 1 aliphatic carbocycles. The van der Waals surface area contributed by atoms with Gasteiger partial charge >= 0.3 is 0 Å². The maximum Gasteiger partial charge on any atom is 0.00668 e. The van der Waals surface area contributed by atoms with Crippen LogP contribution in [0.15, 0.2) is 22.7 Å². The SMILES string of the molecule is CCC1(CC)C=CCC(Br)=C1. The van der Waals surface area contributed by atoms with Gasteiger partial charge in [-0.25, -0.2) is 0 Å². The fraction of sp³-hybridized carbons (Fsp3) is 0.600. The van der Waals surface area contributed by atoms with Gasteiger partial charge in [0, 0.05) is 5.41 Å². The summed E-state index contributed by atoms with van der Waals surface area (Å²) >= 11 is 3.56. The van der Waals surface area contributed by atoms with E-state index in [1.807, 2.05) is 0 Å². The lowest BCUT2D eigenvalue weighted by Crippen LogP contribution is -2.14. The van der Waals surface area contributed by atoms with Crippen LogP contribution >= 0.6 is 15.9 Å². The summed E-state index contributed by atoms with van der Waals surface area (Å²) in [5.41, 5.74) is 0.344. The normalized spacial score (nSPS) is 21.5. The van der Waals surface area contributed by atoms with Gasteiger partial charge < -0.3 is 0 Å². The van der Waals surface area contributed by atoms with Crippen LogP contribution in [0.3, 0.4) is 0 Å². The second-order valence-corrected chi connectivity index (χ2v) is 4.16. The van der Waals surface area contributed by atoms with Crippen LogP contribution in [0.4, 0.5) is 0 Å². The Labute approximate surface area is 77.5 Å². The Morgan fingerprint density at radius 3 is 2.45 bits per heavy atom. The van der Waals surface area contributed by atoms with Gasteiger partial charge in [0.2, 0.25) is 0 Å². The Morgan fingerprint density at radius 1 is 1.45 bits per heavy atom. The van der Waals surface area contributed by atoms with E-state index >= 15 is 0 Å². The molecule has 0 aliphatic heterocycles. The Morgan fingerprint density at radius 2 is 2.09 bits per heavy atom. The van der Waals surface area contributed by atoms with E-state index in [2.05, 4.69) is 48.0 Å². The highest BCUT2D eigenvalue weighted by atomic mass is 79.9. The highest BCUT2D eigenvalue weighted by Crippen LogP contribution is 2.36. The van der Waals surface area contributed by atoms with Gasteiger partial charge in [-0.3, -0.25) is 0 Å². The molecule has 11 heavy (non-hydrogen) atoms. The van der Waals surface area contributed by atoms with E-state index in [4.69, 9.17) is 0 Å². The van der Waals surface area contributed by atoms with Crippen LogP contribution in [-0.2, 0) is 0 Å². The summed E-state index contributed by atoms with van der Waals surface area (Å²) in [6.45, 7) is 4.49. The van der Waals surface area contributed by atoms with Crippen molar-refractivity contribution >= 4 is 15.9 Å². The van der Waals surface area contributed by atoms with Crippen LogP contribution in [-0.4, -0.2) is 0 Å². The maximum absolute atomic E-state index is 3.56. The molecule has 0 radical (unpaired) electrons. The molecule has 0 spiro atoms. The van der Waals surface area contributed by atoms with Crippen LogP contribution in [0.2, 0.25) is 0 Å². The Kier molecular flexibility index (Phi) is 2.94. The first-order valence-corrected chi connectivity index (χ1v) is 5.06. The molecule has 0 amide bonds. The minimum absolute atomic E-state index is 0.344. The quantitative estimate of drug-likeness (QED) is 0.610. The molecule has 0 aromatic carbocycles. The van der Waals surface area contributed by atoms with Crippen LogP contribution in [0, 0.1) is 5.41 Å². The smallest absolute Gasteiger partial charge is 0.00668 e. The standard InChI is InChI=1S/C10H15Br/c1-3-10(4-2)7-5-6-9(11)8-10/h5,7-8H,3-4,6H2,1-2H3. The molecule has 0 saturated heterocycles. The highest BCUT2D eigenvalue weighted by molar-refractivity contribution is 9.11. The van der Waals surface area contributed by atoms with Crippen LogP contribution in [0.25, 0.3) is 0 Å². The summed E-state index contributed by atoms with van der Waals surface area (Å²) in [5.74, 6) is 0. The zero-order valence-corrected chi connectivity index (χ0v) is 8.82. The molecule has 1 aliphatic rings. The zero-order chi connectivity index (χ0) is 8.32. The third-order valence-electron chi connectivity index (χ3n) is 2.52. The Hall–Kier alpha value is -0.0400. The van der Waals surface area contributed by atoms with Gasteiger partial charge in [-0.1, -0.05) is 48.0 Å². The third kappa shape index (κ3) is 1.96. The van der Waals surface area contributed by atoms with Gasteiger partial charge in [-0.15, -0.1) is 0 Å². The van der Waals surface area contributed by atoms with Crippen molar-refractivity contribution in [2.75, 3.05) is 0 Å². The summed E-state index contributed by atoms with van der Waals surface area (Å²) < 4.78 is 1.34. The van der Waals surface area contributed by atoms with E-state index < -0.39 is 0 Å². The second kappa shape index (κ2) is 3.57. The molecule has 1 heteroatoms. The van der Waals surface area contributed by atoms with Crippen molar-refractivity contribution in [1.29, 1.82) is 0 Å². The van der Waals surface area contributed by atoms with Gasteiger partial charge in [-0.2, -0.15) is 0 Å². The van der Waals surface area contributed by atoms with Crippen LogP contribution in [0.5, 0.6) is 0 Å². The molecule has 0 aromatic rings. The third-order valence-corrected chi connectivity index (χ3v) is 3.08. The molecule has 1 rings (SSSR count).